The van der Waals surface area contributed by atoms with Crippen LogP contribution >= 0.6 is 11.3 Å². The van der Waals surface area contributed by atoms with E-state index in [2.05, 4.69) is 29.3 Å². The molecular weight excluding hydrogens is 584 g/mol. The Morgan fingerprint density at radius 1 is 0.978 bits per heavy atom. The Hall–Kier alpha value is -4.95. The summed E-state index contributed by atoms with van der Waals surface area (Å²) in [7, 11) is 0. The zero-order valence-electron chi connectivity index (χ0n) is 25.7. The molecule has 45 heavy (non-hydrogen) atoms. The van der Waals surface area contributed by atoms with E-state index < -0.39 is 12.0 Å². The van der Waals surface area contributed by atoms with Gasteiger partial charge in [0.1, 0.15) is 18.1 Å². The molecule has 7 nitrogen and oxygen atoms in total. The number of ether oxygens (including phenoxy) is 3. The summed E-state index contributed by atoms with van der Waals surface area (Å²) >= 11 is 1.29. The van der Waals surface area contributed by atoms with Crippen LogP contribution in [-0.4, -0.2) is 23.2 Å². The van der Waals surface area contributed by atoms with Crippen LogP contribution in [0.3, 0.4) is 0 Å². The number of allylic oxidation sites excluding steroid dienone is 1. The highest BCUT2D eigenvalue weighted by Gasteiger charge is 2.33. The van der Waals surface area contributed by atoms with E-state index in [9.17, 15) is 9.59 Å². The monoisotopic (exact) mass is 618 g/mol. The van der Waals surface area contributed by atoms with Crippen molar-refractivity contribution in [3.05, 3.63) is 139 Å². The second kappa shape index (κ2) is 13.0. The highest BCUT2D eigenvalue weighted by Crippen LogP contribution is 2.32. The van der Waals surface area contributed by atoms with Gasteiger partial charge in [0, 0.05) is 0 Å². The molecule has 2 heterocycles. The molecule has 228 valence electrons. The number of hydrogen-bond acceptors (Lipinski definition) is 7. The zero-order valence-corrected chi connectivity index (χ0v) is 26.5. The van der Waals surface area contributed by atoms with Gasteiger partial charge in [0.2, 0.25) is 0 Å². The molecule has 1 atom stereocenters. The predicted molar refractivity (Wildman–Crippen MR) is 177 cm³/mol. The molecule has 0 saturated heterocycles. The summed E-state index contributed by atoms with van der Waals surface area (Å²) in [5.74, 6) is 0.921. The molecule has 8 heteroatoms. The van der Waals surface area contributed by atoms with Crippen molar-refractivity contribution in [1.82, 2.24) is 4.57 Å². The summed E-state index contributed by atoms with van der Waals surface area (Å²) in [6.45, 7) is 8.10. The molecule has 0 amide bonds. The SMILES string of the molecule is CCOC(=O)C1=C(C)N=c2s/c(=C\c3cccc(OCc4cccc5ccccc45)c3)c(=O)n2[C@H]1c1ccc(OC(C)C)cc1. The van der Waals surface area contributed by atoms with Crippen molar-refractivity contribution in [3.8, 4) is 11.5 Å². The van der Waals surface area contributed by atoms with E-state index in [-0.39, 0.29) is 18.3 Å². The lowest BCUT2D eigenvalue weighted by atomic mass is 9.96. The number of thiazole rings is 1. The molecule has 0 spiro atoms. The molecule has 1 aliphatic heterocycles. The Morgan fingerprint density at radius 3 is 2.51 bits per heavy atom. The van der Waals surface area contributed by atoms with Gasteiger partial charge < -0.3 is 14.2 Å². The van der Waals surface area contributed by atoms with Gasteiger partial charge in [0.25, 0.3) is 5.56 Å². The average molecular weight is 619 g/mol. The second-order valence-electron chi connectivity index (χ2n) is 11.0. The smallest absolute Gasteiger partial charge is 0.338 e. The van der Waals surface area contributed by atoms with Crippen LogP contribution in [0.2, 0.25) is 0 Å². The van der Waals surface area contributed by atoms with Gasteiger partial charge >= 0.3 is 5.97 Å². The Bertz CT molecular complexity index is 2080. The molecule has 0 N–H and O–H groups in total. The lowest BCUT2D eigenvalue weighted by molar-refractivity contribution is -0.139. The molecule has 0 bridgehead atoms. The van der Waals surface area contributed by atoms with Gasteiger partial charge in [-0.05, 0) is 85.5 Å². The fourth-order valence-corrected chi connectivity index (χ4v) is 6.58. The van der Waals surface area contributed by atoms with Crippen LogP contribution in [0.5, 0.6) is 11.5 Å². The fourth-order valence-electron chi connectivity index (χ4n) is 5.53. The number of hydrogen-bond donors (Lipinski definition) is 0. The van der Waals surface area contributed by atoms with Crippen LogP contribution in [0.15, 0.2) is 112 Å². The van der Waals surface area contributed by atoms with E-state index in [1.807, 2.05) is 86.7 Å². The van der Waals surface area contributed by atoms with Gasteiger partial charge in [-0.15, -0.1) is 0 Å². The molecule has 0 radical (unpaired) electrons. The van der Waals surface area contributed by atoms with Crippen molar-refractivity contribution >= 4 is 34.2 Å². The molecule has 1 aliphatic rings. The van der Waals surface area contributed by atoms with E-state index in [1.54, 1.807) is 18.4 Å². The topological polar surface area (TPSA) is 79.1 Å². The van der Waals surface area contributed by atoms with Crippen LogP contribution in [-0.2, 0) is 16.1 Å². The Morgan fingerprint density at radius 2 is 1.73 bits per heavy atom. The number of rotatable bonds is 9. The first-order chi connectivity index (χ1) is 21.8. The van der Waals surface area contributed by atoms with Gasteiger partial charge in [-0.25, -0.2) is 9.79 Å². The molecule has 0 saturated carbocycles. The minimum Gasteiger partial charge on any atom is -0.491 e. The van der Waals surface area contributed by atoms with Crippen molar-refractivity contribution < 1.29 is 19.0 Å². The van der Waals surface area contributed by atoms with Crippen LogP contribution in [0, 0.1) is 0 Å². The molecule has 1 aromatic heterocycles. The number of fused-ring (bicyclic) bond motifs is 2. The lowest BCUT2D eigenvalue weighted by Crippen LogP contribution is -2.39. The molecule has 6 rings (SSSR count). The van der Waals surface area contributed by atoms with E-state index in [0.717, 1.165) is 22.1 Å². The quantitative estimate of drug-likeness (QED) is 0.181. The first kappa shape index (κ1) is 30.1. The number of benzene rings is 4. The minimum absolute atomic E-state index is 0.0212. The Balaban J connectivity index is 1.35. The summed E-state index contributed by atoms with van der Waals surface area (Å²) in [5.41, 5.74) is 3.32. The van der Waals surface area contributed by atoms with Gasteiger partial charge in [0.05, 0.1) is 34.6 Å². The van der Waals surface area contributed by atoms with Crippen molar-refractivity contribution in [2.75, 3.05) is 6.61 Å². The van der Waals surface area contributed by atoms with Crippen molar-refractivity contribution in [2.24, 2.45) is 4.99 Å². The first-order valence-corrected chi connectivity index (χ1v) is 15.8. The van der Waals surface area contributed by atoms with Gasteiger partial charge in [-0.3, -0.25) is 9.36 Å². The summed E-state index contributed by atoms with van der Waals surface area (Å²) in [6.07, 6.45) is 1.86. The predicted octanol–water partition coefficient (Wildman–Crippen LogP) is 6.32. The van der Waals surface area contributed by atoms with E-state index >= 15 is 0 Å². The maximum Gasteiger partial charge on any atom is 0.338 e. The number of aromatic nitrogens is 1. The zero-order chi connectivity index (χ0) is 31.5. The molecule has 0 fully saturated rings. The summed E-state index contributed by atoms with van der Waals surface area (Å²) in [6, 6.07) is 28.9. The minimum atomic E-state index is -0.689. The highest BCUT2D eigenvalue weighted by atomic mass is 32.1. The molecule has 5 aromatic rings. The Labute approximate surface area is 265 Å². The number of esters is 1. The first-order valence-electron chi connectivity index (χ1n) is 15.0. The Kier molecular flexibility index (Phi) is 8.67. The third-order valence-electron chi connectivity index (χ3n) is 7.51. The molecule has 0 unspecified atom stereocenters. The van der Waals surface area contributed by atoms with E-state index in [1.165, 1.54) is 16.7 Å². The van der Waals surface area contributed by atoms with Gasteiger partial charge in [-0.2, -0.15) is 0 Å². The number of carbonyl (C=O) groups is 1. The maximum atomic E-state index is 14.0. The van der Waals surface area contributed by atoms with Crippen molar-refractivity contribution in [1.29, 1.82) is 0 Å². The highest BCUT2D eigenvalue weighted by molar-refractivity contribution is 7.07. The second-order valence-corrected chi connectivity index (χ2v) is 12.0. The maximum absolute atomic E-state index is 14.0. The van der Waals surface area contributed by atoms with E-state index in [4.69, 9.17) is 14.2 Å². The van der Waals surface area contributed by atoms with Crippen molar-refractivity contribution in [2.45, 2.75) is 46.4 Å². The third-order valence-corrected chi connectivity index (χ3v) is 8.50. The van der Waals surface area contributed by atoms with Gasteiger partial charge in [0.15, 0.2) is 4.80 Å². The van der Waals surface area contributed by atoms with Crippen LogP contribution in [0.4, 0.5) is 0 Å². The number of nitrogens with zero attached hydrogens (tertiary/aromatic N) is 2. The molecular formula is C37H34N2O5S. The standard InChI is InChI=1S/C37H34N2O5S/c1-5-42-36(41)33-24(4)38-37-39(34(33)27-16-18-29(19-17-27)44-23(2)3)35(40)32(45-37)21-25-10-8-14-30(20-25)43-22-28-13-9-12-26-11-6-7-15-31(26)28/h6-21,23,34H,5,22H2,1-4H3/b32-21-/t34-/m0/s1. The van der Waals surface area contributed by atoms with Crippen molar-refractivity contribution in [3.63, 3.8) is 0 Å². The largest absolute Gasteiger partial charge is 0.491 e. The van der Waals surface area contributed by atoms with E-state index in [0.29, 0.717) is 38.7 Å². The fraction of sp³-hybridized carbons (Fsp3) is 0.216. The van der Waals surface area contributed by atoms with Gasteiger partial charge in [-0.1, -0.05) is 78.1 Å². The lowest BCUT2D eigenvalue weighted by Gasteiger charge is -2.25. The van der Waals surface area contributed by atoms with Crippen LogP contribution in [0.25, 0.3) is 16.8 Å². The molecule has 0 aliphatic carbocycles. The summed E-state index contributed by atoms with van der Waals surface area (Å²) < 4.78 is 19.5. The normalized spacial score (nSPS) is 14.8. The summed E-state index contributed by atoms with van der Waals surface area (Å²) in [4.78, 5) is 32.4. The number of carbonyl (C=O) groups excluding carboxylic acids is 1. The van der Waals surface area contributed by atoms with Crippen LogP contribution in [0.1, 0.15) is 50.4 Å². The third kappa shape index (κ3) is 6.33. The summed E-state index contributed by atoms with van der Waals surface area (Å²) in [5, 5.41) is 2.33. The van der Waals surface area contributed by atoms with Crippen LogP contribution < -0.4 is 24.4 Å². The average Bonchev–Trinajstić information content (AvgIpc) is 3.33. The molecule has 4 aromatic carbocycles.